The maximum Gasteiger partial charge on any atom is 0.337 e. The van der Waals surface area contributed by atoms with Gasteiger partial charge in [-0.1, -0.05) is 6.07 Å². The molecule has 21 heavy (non-hydrogen) atoms. The number of hydrogen-bond acceptors (Lipinski definition) is 4. The van der Waals surface area contributed by atoms with Crippen LogP contribution >= 0.6 is 0 Å². The number of carboxylic acids is 1. The van der Waals surface area contributed by atoms with E-state index >= 15 is 0 Å². The van der Waals surface area contributed by atoms with Gasteiger partial charge in [-0.2, -0.15) is 0 Å². The van der Waals surface area contributed by atoms with Gasteiger partial charge in [-0.25, -0.2) is 9.78 Å². The third-order valence-corrected chi connectivity index (χ3v) is 4.26. The minimum atomic E-state index is -0.906. The number of carboxylic acid groups (broad SMARTS) is 1. The Hall–Kier alpha value is -1.92. The van der Waals surface area contributed by atoms with Crippen molar-refractivity contribution in [2.24, 2.45) is 0 Å². The minimum absolute atomic E-state index is 0.316. The average molecular weight is 288 g/mol. The maximum atomic E-state index is 11.4. The Morgan fingerprint density at radius 2 is 2.19 bits per heavy atom. The summed E-state index contributed by atoms with van der Waals surface area (Å²) in [7, 11) is 4.24. The quantitative estimate of drug-likeness (QED) is 0.912. The van der Waals surface area contributed by atoms with Crippen molar-refractivity contribution in [2.45, 2.75) is 12.6 Å². The molecule has 0 radical (unpaired) electrons. The number of aromatic carboxylic acids is 1. The number of para-hydroxylation sites is 1. The lowest BCUT2D eigenvalue weighted by molar-refractivity contribution is 0.0698. The van der Waals surface area contributed by atoms with E-state index in [4.69, 9.17) is 0 Å². The molecule has 1 aromatic heterocycles. The van der Waals surface area contributed by atoms with Crippen molar-refractivity contribution < 1.29 is 9.90 Å². The van der Waals surface area contributed by atoms with Crippen molar-refractivity contribution in [3.8, 4) is 0 Å². The molecule has 3 rings (SSSR count). The van der Waals surface area contributed by atoms with Gasteiger partial charge in [0.25, 0.3) is 0 Å². The van der Waals surface area contributed by atoms with Gasteiger partial charge in [0.1, 0.15) is 0 Å². The van der Waals surface area contributed by atoms with E-state index in [1.54, 1.807) is 18.5 Å². The predicted octanol–water partition coefficient (Wildman–Crippen LogP) is 0.980. The first-order chi connectivity index (χ1) is 10.1. The third-order valence-electron chi connectivity index (χ3n) is 4.26. The Balaban J connectivity index is 1.95. The lowest BCUT2D eigenvalue weighted by atomic mass is 10.1. The number of carbonyl (C=O) groups is 1. The zero-order valence-electron chi connectivity index (χ0n) is 12.4. The lowest BCUT2D eigenvalue weighted by Gasteiger charge is -2.37. The Bertz CT molecular complexity index is 667. The van der Waals surface area contributed by atoms with Gasteiger partial charge in [0, 0.05) is 32.2 Å². The van der Waals surface area contributed by atoms with Crippen LogP contribution in [0.4, 0.5) is 0 Å². The Morgan fingerprint density at radius 1 is 1.38 bits per heavy atom. The summed E-state index contributed by atoms with van der Waals surface area (Å²) < 4.78 is 1.97. The molecule has 6 heteroatoms. The molecule has 1 aliphatic rings. The van der Waals surface area contributed by atoms with Gasteiger partial charge in [-0.15, -0.1) is 0 Å². The molecule has 1 saturated heterocycles. The van der Waals surface area contributed by atoms with E-state index in [9.17, 15) is 9.90 Å². The molecule has 2 heterocycles. The summed E-state index contributed by atoms with van der Waals surface area (Å²) in [4.78, 5) is 20.4. The van der Waals surface area contributed by atoms with E-state index in [0.717, 1.165) is 31.7 Å². The van der Waals surface area contributed by atoms with E-state index < -0.39 is 5.97 Å². The molecule has 112 valence electrons. The summed E-state index contributed by atoms with van der Waals surface area (Å²) in [6.07, 6.45) is 1.75. The van der Waals surface area contributed by atoms with Crippen LogP contribution in [0, 0.1) is 0 Å². The molecular weight excluding hydrogens is 268 g/mol. The van der Waals surface area contributed by atoms with Crippen LogP contribution in [0.3, 0.4) is 0 Å². The SMILES string of the molecule is CN1CCN(C)C(Cn2cnc3cccc(C(=O)O)c32)C1. The highest BCUT2D eigenvalue weighted by Gasteiger charge is 2.24. The van der Waals surface area contributed by atoms with Crippen molar-refractivity contribution in [3.05, 3.63) is 30.1 Å². The molecule has 0 saturated carbocycles. The number of hydrogen-bond donors (Lipinski definition) is 1. The topological polar surface area (TPSA) is 61.6 Å². The first kappa shape index (κ1) is 14.0. The van der Waals surface area contributed by atoms with Crippen molar-refractivity contribution in [1.29, 1.82) is 0 Å². The first-order valence-corrected chi connectivity index (χ1v) is 7.12. The Kier molecular flexibility index (Phi) is 3.65. The van der Waals surface area contributed by atoms with Crippen LogP contribution in [0.5, 0.6) is 0 Å². The van der Waals surface area contributed by atoms with Crippen LogP contribution < -0.4 is 0 Å². The fraction of sp³-hybridized carbons (Fsp3) is 0.467. The first-order valence-electron chi connectivity index (χ1n) is 7.12. The largest absolute Gasteiger partial charge is 0.478 e. The number of aromatic nitrogens is 2. The highest BCUT2D eigenvalue weighted by atomic mass is 16.4. The van der Waals surface area contributed by atoms with E-state index in [1.165, 1.54) is 0 Å². The molecule has 2 aromatic rings. The van der Waals surface area contributed by atoms with Crippen LogP contribution in [0.15, 0.2) is 24.5 Å². The zero-order chi connectivity index (χ0) is 15.0. The summed E-state index contributed by atoms with van der Waals surface area (Å²) in [6, 6.07) is 5.60. The zero-order valence-corrected chi connectivity index (χ0v) is 12.4. The molecule has 0 amide bonds. The van der Waals surface area contributed by atoms with Gasteiger partial charge in [0.05, 0.1) is 22.9 Å². The van der Waals surface area contributed by atoms with Crippen LogP contribution in [-0.2, 0) is 6.54 Å². The van der Waals surface area contributed by atoms with Gasteiger partial charge in [0.2, 0.25) is 0 Å². The highest BCUT2D eigenvalue weighted by Crippen LogP contribution is 2.20. The predicted molar refractivity (Wildman–Crippen MR) is 80.6 cm³/mol. The average Bonchev–Trinajstić information content (AvgIpc) is 2.86. The maximum absolute atomic E-state index is 11.4. The van der Waals surface area contributed by atoms with Crippen LogP contribution in [-0.4, -0.2) is 70.2 Å². The molecule has 1 unspecified atom stereocenters. The summed E-state index contributed by atoms with van der Waals surface area (Å²) >= 11 is 0. The number of rotatable bonds is 3. The molecule has 1 aliphatic heterocycles. The molecule has 1 atom stereocenters. The van der Waals surface area contributed by atoms with Crippen molar-refractivity contribution in [1.82, 2.24) is 19.4 Å². The third kappa shape index (κ3) is 2.64. The van der Waals surface area contributed by atoms with E-state index in [1.807, 2.05) is 10.6 Å². The second kappa shape index (κ2) is 5.46. The second-order valence-corrected chi connectivity index (χ2v) is 5.77. The van der Waals surface area contributed by atoms with E-state index in [2.05, 4.69) is 28.9 Å². The van der Waals surface area contributed by atoms with Crippen molar-refractivity contribution in [2.75, 3.05) is 33.7 Å². The molecule has 1 fully saturated rings. The molecule has 1 N–H and O–H groups in total. The molecule has 0 bridgehead atoms. The Labute approximate surface area is 123 Å². The molecule has 0 spiro atoms. The summed E-state index contributed by atoms with van der Waals surface area (Å²) in [5.74, 6) is -0.906. The molecule has 6 nitrogen and oxygen atoms in total. The highest BCUT2D eigenvalue weighted by molar-refractivity contribution is 6.01. The summed E-state index contributed by atoms with van der Waals surface area (Å²) in [5.41, 5.74) is 1.77. The van der Waals surface area contributed by atoms with Gasteiger partial charge < -0.3 is 14.6 Å². The smallest absolute Gasteiger partial charge is 0.337 e. The monoisotopic (exact) mass is 288 g/mol. The number of piperazine rings is 1. The van der Waals surface area contributed by atoms with Gasteiger partial charge in [-0.3, -0.25) is 4.90 Å². The van der Waals surface area contributed by atoms with Gasteiger partial charge >= 0.3 is 5.97 Å². The Morgan fingerprint density at radius 3 is 2.95 bits per heavy atom. The van der Waals surface area contributed by atoms with Crippen molar-refractivity contribution >= 4 is 17.0 Å². The molecule has 1 aromatic carbocycles. The summed E-state index contributed by atoms with van der Waals surface area (Å²) in [5, 5.41) is 9.37. The molecular formula is C15H20N4O2. The number of imidazole rings is 1. The molecule has 0 aliphatic carbocycles. The number of benzene rings is 1. The number of fused-ring (bicyclic) bond motifs is 1. The van der Waals surface area contributed by atoms with Crippen LogP contribution in [0.25, 0.3) is 11.0 Å². The second-order valence-electron chi connectivity index (χ2n) is 5.77. The van der Waals surface area contributed by atoms with Gasteiger partial charge in [0.15, 0.2) is 0 Å². The number of likely N-dealkylation sites (N-methyl/N-ethyl adjacent to an activating group) is 2. The van der Waals surface area contributed by atoms with E-state index in [0.29, 0.717) is 17.1 Å². The normalized spacial score (nSPS) is 21.0. The minimum Gasteiger partial charge on any atom is -0.478 e. The fourth-order valence-electron chi connectivity index (χ4n) is 2.96. The van der Waals surface area contributed by atoms with Gasteiger partial charge in [-0.05, 0) is 26.2 Å². The van der Waals surface area contributed by atoms with Crippen LogP contribution in [0.1, 0.15) is 10.4 Å². The number of nitrogens with zero attached hydrogens (tertiary/aromatic N) is 4. The van der Waals surface area contributed by atoms with E-state index in [-0.39, 0.29) is 0 Å². The fourth-order valence-corrected chi connectivity index (χ4v) is 2.96. The van der Waals surface area contributed by atoms with Crippen LogP contribution in [0.2, 0.25) is 0 Å². The van der Waals surface area contributed by atoms with Crippen molar-refractivity contribution in [3.63, 3.8) is 0 Å². The standard InChI is InChI=1S/C15H20N4O2/c1-17-6-7-18(2)11(8-17)9-19-10-16-13-5-3-4-12(14(13)19)15(20)21/h3-5,10-11H,6-9H2,1-2H3,(H,20,21). The summed E-state index contributed by atoms with van der Waals surface area (Å²) in [6.45, 7) is 3.82. The lowest BCUT2D eigenvalue weighted by Crippen LogP contribution is -2.51.